The van der Waals surface area contributed by atoms with Gasteiger partial charge in [0.2, 0.25) is 5.91 Å². The highest BCUT2D eigenvalue weighted by Gasteiger charge is 2.16. The van der Waals surface area contributed by atoms with Gasteiger partial charge in [-0.1, -0.05) is 22.9 Å². The quantitative estimate of drug-likeness (QED) is 0.594. The lowest BCUT2D eigenvalue weighted by molar-refractivity contribution is -0.115. The first-order valence-corrected chi connectivity index (χ1v) is 9.40. The van der Waals surface area contributed by atoms with Crippen LogP contribution < -0.4 is 20.7 Å². The fourth-order valence-corrected chi connectivity index (χ4v) is 3.17. The Kier molecular flexibility index (Phi) is 7.32. The van der Waals surface area contributed by atoms with E-state index in [0.29, 0.717) is 29.1 Å². The number of rotatable bonds is 5. The van der Waals surface area contributed by atoms with Crippen molar-refractivity contribution in [1.29, 1.82) is 0 Å². The van der Waals surface area contributed by atoms with Crippen molar-refractivity contribution in [1.82, 2.24) is 5.32 Å². The van der Waals surface area contributed by atoms with Crippen molar-refractivity contribution in [3.05, 3.63) is 52.0 Å². The fourth-order valence-electron chi connectivity index (χ4n) is 2.39. The van der Waals surface area contributed by atoms with E-state index in [4.69, 9.17) is 17.0 Å². The van der Waals surface area contributed by atoms with Crippen LogP contribution in [0.5, 0.6) is 5.75 Å². The average Bonchev–Trinajstić information content (AvgIpc) is 2.62. The summed E-state index contributed by atoms with van der Waals surface area (Å²) in [6, 6.07) is 10.6. The van der Waals surface area contributed by atoms with Crippen molar-refractivity contribution >= 4 is 56.4 Å². The molecule has 0 bridgehead atoms. The molecule has 6 nitrogen and oxygen atoms in total. The SMILES string of the molecule is CCC(=O)Nc1ccc(NC(=S)NC(=O)c2cc(Br)cc(C)c2OC)cc1. The predicted molar refractivity (Wildman–Crippen MR) is 114 cm³/mol. The van der Waals surface area contributed by atoms with Gasteiger partial charge in [-0.05, 0) is 61.1 Å². The van der Waals surface area contributed by atoms with Gasteiger partial charge in [-0.15, -0.1) is 0 Å². The molecule has 0 aliphatic heterocycles. The molecule has 27 heavy (non-hydrogen) atoms. The van der Waals surface area contributed by atoms with Crippen LogP contribution in [-0.2, 0) is 4.79 Å². The molecule has 0 fully saturated rings. The molecular weight excluding hydrogens is 430 g/mol. The Hall–Kier alpha value is -2.45. The van der Waals surface area contributed by atoms with E-state index in [2.05, 4.69) is 31.9 Å². The van der Waals surface area contributed by atoms with Crippen molar-refractivity contribution in [3.63, 3.8) is 0 Å². The third-order valence-electron chi connectivity index (χ3n) is 3.66. The Morgan fingerprint density at radius 1 is 1.11 bits per heavy atom. The maximum atomic E-state index is 12.6. The smallest absolute Gasteiger partial charge is 0.261 e. The number of halogens is 1. The molecule has 0 radical (unpaired) electrons. The first kappa shape index (κ1) is 20.9. The predicted octanol–water partition coefficient (Wildman–Crippen LogP) is 4.24. The standard InChI is InChI=1S/C19H20BrN3O3S/c1-4-16(24)21-13-5-7-14(8-6-13)22-19(27)23-18(25)15-10-12(20)9-11(2)17(15)26-3/h5-10H,4H2,1-3H3,(H,21,24)(H2,22,23,25,27). The molecule has 0 aliphatic rings. The largest absolute Gasteiger partial charge is 0.496 e. The topological polar surface area (TPSA) is 79.5 Å². The molecule has 0 saturated carbocycles. The normalized spacial score (nSPS) is 10.1. The first-order chi connectivity index (χ1) is 12.8. The van der Waals surface area contributed by atoms with E-state index in [1.54, 1.807) is 37.3 Å². The summed E-state index contributed by atoms with van der Waals surface area (Å²) in [6.07, 6.45) is 0.411. The van der Waals surface area contributed by atoms with Crippen LogP contribution in [-0.4, -0.2) is 24.0 Å². The van der Waals surface area contributed by atoms with Crippen LogP contribution in [0.3, 0.4) is 0 Å². The zero-order valence-corrected chi connectivity index (χ0v) is 17.6. The zero-order chi connectivity index (χ0) is 20.0. The summed E-state index contributed by atoms with van der Waals surface area (Å²) >= 11 is 8.59. The Morgan fingerprint density at radius 2 is 1.70 bits per heavy atom. The average molecular weight is 450 g/mol. The lowest BCUT2D eigenvalue weighted by Crippen LogP contribution is -2.34. The zero-order valence-electron chi connectivity index (χ0n) is 15.2. The lowest BCUT2D eigenvalue weighted by Gasteiger charge is -2.14. The van der Waals surface area contributed by atoms with E-state index in [0.717, 1.165) is 10.0 Å². The first-order valence-electron chi connectivity index (χ1n) is 8.20. The highest BCUT2D eigenvalue weighted by atomic mass is 79.9. The maximum absolute atomic E-state index is 12.6. The van der Waals surface area contributed by atoms with Crippen LogP contribution in [0.4, 0.5) is 11.4 Å². The van der Waals surface area contributed by atoms with Gasteiger partial charge in [0.1, 0.15) is 5.75 Å². The highest BCUT2D eigenvalue weighted by molar-refractivity contribution is 9.10. The molecule has 0 aromatic heterocycles. The number of ether oxygens (including phenoxy) is 1. The number of carbonyl (C=O) groups is 2. The second-order valence-electron chi connectivity index (χ2n) is 5.69. The molecule has 0 saturated heterocycles. The van der Waals surface area contributed by atoms with Gasteiger partial charge in [-0.3, -0.25) is 14.9 Å². The summed E-state index contributed by atoms with van der Waals surface area (Å²) in [5.41, 5.74) is 2.59. The molecule has 0 spiro atoms. The van der Waals surface area contributed by atoms with Crippen molar-refractivity contribution in [2.45, 2.75) is 20.3 Å². The lowest BCUT2D eigenvalue weighted by atomic mass is 10.1. The van der Waals surface area contributed by atoms with Gasteiger partial charge in [0.05, 0.1) is 12.7 Å². The molecule has 0 heterocycles. The second-order valence-corrected chi connectivity index (χ2v) is 7.01. The van der Waals surface area contributed by atoms with Crippen molar-refractivity contribution in [2.75, 3.05) is 17.7 Å². The van der Waals surface area contributed by atoms with Crippen molar-refractivity contribution in [2.24, 2.45) is 0 Å². The van der Waals surface area contributed by atoms with Crippen LogP contribution >= 0.6 is 28.1 Å². The maximum Gasteiger partial charge on any atom is 0.261 e. The number of thiocarbonyl (C=S) groups is 1. The number of amides is 2. The molecule has 142 valence electrons. The molecule has 0 unspecified atom stereocenters. The molecule has 3 N–H and O–H groups in total. The van der Waals surface area contributed by atoms with Crippen LogP contribution in [0.2, 0.25) is 0 Å². The molecule has 2 aromatic carbocycles. The summed E-state index contributed by atoms with van der Waals surface area (Å²) in [5.74, 6) is 0.0619. The Labute approximate surface area is 171 Å². The minimum Gasteiger partial charge on any atom is -0.496 e. The molecule has 2 amide bonds. The van der Waals surface area contributed by atoms with Gasteiger partial charge >= 0.3 is 0 Å². The van der Waals surface area contributed by atoms with Gasteiger partial charge in [-0.25, -0.2) is 0 Å². The fraction of sp³-hybridized carbons (Fsp3) is 0.211. The Balaban J connectivity index is 2.03. The number of nitrogens with one attached hydrogen (secondary N) is 3. The van der Waals surface area contributed by atoms with Crippen LogP contribution in [0.15, 0.2) is 40.9 Å². The van der Waals surface area contributed by atoms with Crippen LogP contribution in [0, 0.1) is 6.92 Å². The van der Waals surface area contributed by atoms with Gasteiger partial charge in [0, 0.05) is 22.3 Å². The minimum atomic E-state index is -0.374. The number of aryl methyl sites for hydroxylation is 1. The van der Waals surface area contributed by atoms with Gasteiger partial charge < -0.3 is 15.4 Å². The summed E-state index contributed by atoms with van der Waals surface area (Å²) in [4.78, 5) is 23.9. The molecule has 0 atom stereocenters. The highest BCUT2D eigenvalue weighted by Crippen LogP contribution is 2.27. The van der Waals surface area contributed by atoms with E-state index >= 15 is 0 Å². The Bertz CT molecular complexity index is 869. The molecule has 8 heteroatoms. The van der Waals surface area contributed by atoms with Crippen molar-refractivity contribution in [3.8, 4) is 5.75 Å². The monoisotopic (exact) mass is 449 g/mol. The van der Waals surface area contributed by atoms with Gasteiger partial charge in [-0.2, -0.15) is 0 Å². The summed E-state index contributed by atoms with van der Waals surface area (Å²) in [6.45, 7) is 3.64. The number of hydrogen-bond donors (Lipinski definition) is 3. The van der Waals surface area contributed by atoms with Gasteiger partial charge in [0.15, 0.2) is 5.11 Å². The van der Waals surface area contributed by atoms with Crippen molar-refractivity contribution < 1.29 is 14.3 Å². The number of carbonyl (C=O) groups excluding carboxylic acids is 2. The number of benzene rings is 2. The summed E-state index contributed by atoms with van der Waals surface area (Å²) in [7, 11) is 1.52. The molecule has 0 aliphatic carbocycles. The van der Waals surface area contributed by atoms with E-state index in [1.807, 2.05) is 13.0 Å². The summed E-state index contributed by atoms with van der Waals surface area (Å²) < 4.78 is 6.10. The number of hydrogen-bond acceptors (Lipinski definition) is 4. The molecule has 2 rings (SSSR count). The molecule has 2 aromatic rings. The summed E-state index contributed by atoms with van der Waals surface area (Å²) in [5, 5.41) is 8.50. The minimum absolute atomic E-state index is 0.0586. The van der Waals surface area contributed by atoms with Crippen LogP contribution in [0.25, 0.3) is 0 Å². The van der Waals surface area contributed by atoms with E-state index in [1.165, 1.54) is 7.11 Å². The van der Waals surface area contributed by atoms with Gasteiger partial charge in [0.25, 0.3) is 5.91 Å². The van der Waals surface area contributed by atoms with E-state index < -0.39 is 0 Å². The second kappa shape index (κ2) is 9.48. The van der Waals surface area contributed by atoms with E-state index in [-0.39, 0.29) is 16.9 Å². The van der Waals surface area contributed by atoms with E-state index in [9.17, 15) is 9.59 Å². The Morgan fingerprint density at radius 3 is 2.26 bits per heavy atom. The third-order valence-corrected chi connectivity index (χ3v) is 4.32. The van der Waals surface area contributed by atoms with Crippen LogP contribution in [0.1, 0.15) is 29.3 Å². The number of anilines is 2. The molecular formula is C19H20BrN3O3S. The third kappa shape index (κ3) is 5.77. The number of methoxy groups -OCH3 is 1.